The highest BCUT2D eigenvalue weighted by atomic mass is 16.3. The minimum atomic E-state index is 0.277. The van der Waals surface area contributed by atoms with Crippen LogP contribution in [0.1, 0.15) is 45.4 Å². The minimum Gasteiger partial charge on any atom is -0.395 e. The molecule has 0 aliphatic heterocycles. The van der Waals surface area contributed by atoms with Crippen molar-refractivity contribution in [2.45, 2.75) is 45.4 Å². The third-order valence-corrected chi connectivity index (χ3v) is 2.92. The topological polar surface area (TPSA) is 35.5 Å². The van der Waals surface area contributed by atoms with Crippen molar-refractivity contribution in [3.63, 3.8) is 0 Å². The molecule has 16 heavy (non-hydrogen) atoms. The summed E-state index contributed by atoms with van der Waals surface area (Å²) in [6.45, 7) is 6.53. The number of hydrogen-bond acceptors (Lipinski definition) is 3. The summed E-state index contributed by atoms with van der Waals surface area (Å²) in [5, 5.41) is 12.1. The summed E-state index contributed by atoms with van der Waals surface area (Å²) < 4.78 is 0. The Morgan fingerprint density at radius 1 is 0.938 bits per heavy atom. The number of aliphatic hydroxyl groups excluding tert-OH is 1. The smallest absolute Gasteiger partial charge is 0.0558 e. The van der Waals surface area contributed by atoms with Crippen LogP contribution in [0.3, 0.4) is 0 Å². The Morgan fingerprint density at radius 3 is 2.25 bits per heavy atom. The van der Waals surface area contributed by atoms with Crippen LogP contribution in [0.5, 0.6) is 0 Å². The molecule has 0 radical (unpaired) electrons. The zero-order valence-corrected chi connectivity index (χ0v) is 11.2. The van der Waals surface area contributed by atoms with Crippen molar-refractivity contribution in [3.05, 3.63) is 0 Å². The molecule has 0 aliphatic rings. The third-order valence-electron chi connectivity index (χ3n) is 2.92. The van der Waals surface area contributed by atoms with Crippen LogP contribution in [0, 0.1) is 0 Å². The molecular weight excluding hydrogens is 200 g/mol. The van der Waals surface area contributed by atoms with Gasteiger partial charge in [-0.2, -0.15) is 0 Å². The third kappa shape index (κ3) is 10.4. The van der Waals surface area contributed by atoms with Crippen LogP contribution in [-0.2, 0) is 0 Å². The van der Waals surface area contributed by atoms with Gasteiger partial charge in [0.25, 0.3) is 0 Å². The van der Waals surface area contributed by atoms with E-state index in [0.717, 1.165) is 26.2 Å². The summed E-state index contributed by atoms with van der Waals surface area (Å²) in [6, 6.07) is 0. The monoisotopic (exact) mass is 230 g/mol. The maximum Gasteiger partial charge on any atom is 0.0558 e. The van der Waals surface area contributed by atoms with Crippen LogP contribution < -0.4 is 5.32 Å². The zero-order valence-electron chi connectivity index (χ0n) is 11.2. The average molecular weight is 230 g/mol. The molecule has 0 rings (SSSR count). The average Bonchev–Trinajstić information content (AvgIpc) is 2.30. The molecule has 0 spiro atoms. The van der Waals surface area contributed by atoms with Crippen molar-refractivity contribution >= 4 is 0 Å². The van der Waals surface area contributed by atoms with Gasteiger partial charge in [-0.25, -0.2) is 0 Å². The van der Waals surface area contributed by atoms with Crippen molar-refractivity contribution in [2.75, 3.05) is 39.8 Å². The predicted molar refractivity (Wildman–Crippen MR) is 70.8 cm³/mol. The largest absolute Gasteiger partial charge is 0.395 e. The quantitative estimate of drug-likeness (QED) is 0.502. The highest BCUT2D eigenvalue weighted by molar-refractivity contribution is 4.59. The van der Waals surface area contributed by atoms with E-state index in [4.69, 9.17) is 5.11 Å². The summed E-state index contributed by atoms with van der Waals surface area (Å²) in [4.78, 5) is 2.34. The molecule has 0 aromatic heterocycles. The van der Waals surface area contributed by atoms with E-state index in [2.05, 4.69) is 17.1 Å². The van der Waals surface area contributed by atoms with Crippen LogP contribution in [0.25, 0.3) is 0 Å². The van der Waals surface area contributed by atoms with E-state index in [0.29, 0.717) is 0 Å². The first-order valence-electron chi connectivity index (χ1n) is 6.83. The summed E-state index contributed by atoms with van der Waals surface area (Å²) in [5.74, 6) is 0. The normalized spacial score (nSPS) is 11.2. The van der Waals surface area contributed by atoms with E-state index in [1.807, 2.05) is 7.05 Å². The van der Waals surface area contributed by atoms with Gasteiger partial charge in [-0.3, -0.25) is 4.90 Å². The lowest BCUT2D eigenvalue weighted by Gasteiger charge is -2.20. The first-order chi connectivity index (χ1) is 7.85. The molecule has 0 amide bonds. The van der Waals surface area contributed by atoms with Crippen LogP contribution >= 0.6 is 0 Å². The van der Waals surface area contributed by atoms with Crippen LogP contribution in [0.4, 0.5) is 0 Å². The number of hydrogen-bond donors (Lipinski definition) is 2. The van der Waals surface area contributed by atoms with E-state index in [1.165, 1.54) is 38.5 Å². The van der Waals surface area contributed by atoms with Crippen molar-refractivity contribution < 1.29 is 5.11 Å². The zero-order chi connectivity index (χ0) is 12.1. The lowest BCUT2D eigenvalue weighted by Crippen LogP contribution is -2.33. The summed E-state index contributed by atoms with van der Waals surface area (Å²) in [7, 11) is 1.97. The van der Waals surface area contributed by atoms with Gasteiger partial charge in [0.2, 0.25) is 0 Å². The number of rotatable bonds is 12. The molecular formula is C13H30N2O. The summed E-state index contributed by atoms with van der Waals surface area (Å²) in [5.41, 5.74) is 0. The maximum absolute atomic E-state index is 8.95. The van der Waals surface area contributed by atoms with E-state index < -0.39 is 0 Å². The Bertz CT molecular complexity index is 131. The predicted octanol–water partition coefficient (Wildman–Crippen LogP) is 1.86. The molecule has 0 atom stereocenters. The molecule has 3 nitrogen and oxygen atoms in total. The molecule has 0 heterocycles. The summed E-state index contributed by atoms with van der Waals surface area (Å²) >= 11 is 0. The number of aliphatic hydroxyl groups is 1. The molecule has 0 bridgehead atoms. The van der Waals surface area contributed by atoms with E-state index in [1.54, 1.807) is 0 Å². The molecule has 2 N–H and O–H groups in total. The van der Waals surface area contributed by atoms with Gasteiger partial charge in [-0.05, 0) is 20.0 Å². The second-order valence-electron chi connectivity index (χ2n) is 4.44. The minimum absolute atomic E-state index is 0.277. The van der Waals surface area contributed by atoms with Gasteiger partial charge in [0.15, 0.2) is 0 Å². The molecule has 3 heteroatoms. The Hall–Kier alpha value is -0.120. The van der Waals surface area contributed by atoms with Gasteiger partial charge < -0.3 is 10.4 Å². The Kier molecular flexibility index (Phi) is 12.9. The molecule has 0 unspecified atom stereocenters. The fraction of sp³-hybridized carbons (Fsp3) is 1.00. The van der Waals surface area contributed by atoms with E-state index in [-0.39, 0.29) is 6.61 Å². The Balaban J connectivity index is 3.36. The molecule has 0 saturated carbocycles. The highest BCUT2D eigenvalue weighted by Crippen LogP contribution is 2.05. The number of nitrogens with zero attached hydrogens (tertiary/aromatic N) is 1. The first-order valence-corrected chi connectivity index (χ1v) is 6.83. The summed E-state index contributed by atoms with van der Waals surface area (Å²) in [6.07, 6.45) is 8.05. The van der Waals surface area contributed by atoms with Crippen molar-refractivity contribution in [1.82, 2.24) is 10.2 Å². The lowest BCUT2D eigenvalue weighted by molar-refractivity contribution is 0.194. The van der Waals surface area contributed by atoms with Crippen LogP contribution in [0.2, 0.25) is 0 Å². The molecule has 0 aromatic rings. The Morgan fingerprint density at radius 2 is 1.62 bits per heavy atom. The van der Waals surface area contributed by atoms with Crippen LogP contribution in [0.15, 0.2) is 0 Å². The molecule has 0 saturated heterocycles. The number of nitrogens with one attached hydrogen (secondary N) is 1. The first kappa shape index (κ1) is 15.9. The van der Waals surface area contributed by atoms with Gasteiger partial charge >= 0.3 is 0 Å². The molecule has 0 aliphatic carbocycles. The van der Waals surface area contributed by atoms with Crippen molar-refractivity contribution in [2.24, 2.45) is 0 Å². The highest BCUT2D eigenvalue weighted by Gasteiger charge is 2.02. The van der Waals surface area contributed by atoms with Gasteiger partial charge in [-0.15, -0.1) is 0 Å². The van der Waals surface area contributed by atoms with Crippen molar-refractivity contribution in [1.29, 1.82) is 0 Å². The van der Waals surface area contributed by atoms with Gasteiger partial charge in [0.1, 0.15) is 0 Å². The SMILES string of the molecule is CCCCCCCCN(CCO)CCNC. The van der Waals surface area contributed by atoms with Gasteiger partial charge in [0.05, 0.1) is 6.61 Å². The van der Waals surface area contributed by atoms with Crippen LogP contribution in [-0.4, -0.2) is 49.8 Å². The molecule has 98 valence electrons. The molecule has 0 aromatic carbocycles. The lowest BCUT2D eigenvalue weighted by atomic mass is 10.1. The fourth-order valence-electron chi connectivity index (χ4n) is 1.86. The second-order valence-corrected chi connectivity index (χ2v) is 4.44. The van der Waals surface area contributed by atoms with Crippen molar-refractivity contribution in [3.8, 4) is 0 Å². The molecule has 0 fully saturated rings. The van der Waals surface area contributed by atoms with Gasteiger partial charge in [0, 0.05) is 19.6 Å². The standard InChI is InChI=1S/C13H30N2O/c1-3-4-5-6-7-8-10-15(12-13-16)11-9-14-2/h14,16H,3-13H2,1-2H3. The van der Waals surface area contributed by atoms with Gasteiger partial charge in [-0.1, -0.05) is 39.0 Å². The van der Waals surface area contributed by atoms with E-state index >= 15 is 0 Å². The fourth-order valence-corrected chi connectivity index (χ4v) is 1.86. The van der Waals surface area contributed by atoms with E-state index in [9.17, 15) is 0 Å². The Labute approximate surface area is 101 Å². The maximum atomic E-state index is 8.95. The number of likely N-dealkylation sites (N-methyl/N-ethyl adjacent to an activating group) is 1. The second kappa shape index (κ2) is 12.9. The number of unbranched alkanes of at least 4 members (excludes halogenated alkanes) is 5.